The maximum Gasteiger partial charge on any atom is 0.259 e. The van der Waals surface area contributed by atoms with Gasteiger partial charge in [-0.25, -0.2) is 4.39 Å². The summed E-state index contributed by atoms with van der Waals surface area (Å²) in [6, 6.07) is 5.24. The lowest BCUT2D eigenvalue weighted by molar-refractivity contribution is -0.127. The molecule has 1 spiro atoms. The molecular formula is C23H32FN3O3. The Morgan fingerprint density at radius 3 is 2.60 bits per heavy atom. The summed E-state index contributed by atoms with van der Waals surface area (Å²) in [4.78, 5) is 30.4. The Kier molecular flexibility index (Phi) is 6.39. The fraction of sp³-hybridized carbons (Fsp3) is 0.652. The summed E-state index contributed by atoms with van der Waals surface area (Å²) in [6.07, 6.45) is 5.60. The third kappa shape index (κ3) is 4.23. The highest BCUT2D eigenvalue weighted by Crippen LogP contribution is 2.43. The molecule has 6 nitrogen and oxygen atoms in total. The Balaban J connectivity index is 1.52. The zero-order chi connectivity index (χ0) is 21.1. The molecule has 1 aromatic carbocycles. The van der Waals surface area contributed by atoms with Gasteiger partial charge in [0.2, 0.25) is 5.91 Å². The monoisotopic (exact) mass is 417 g/mol. The fourth-order valence-electron chi connectivity index (χ4n) is 5.01. The Morgan fingerprint density at radius 1 is 1.20 bits per heavy atom. The number of nitrogens with one attached hydrogen (secondary N) is 1. The van der Waals surface area contributed by atoms with E-state index in [-0.39, 0.29) is 18.1 Å². The lowest BCUT2D eigenvalue weighted by Crippen LogP contribution is -2.57. The smallest absolute Gasteiger partial charge is 0.259 e. The van der Waals surface area contributed by atoms with Crippen molar-refractivity contribution in [2.75, 3.05) is 32.8 Å². The number of rotatable bonds is 5. The number of likely N-dealkylation sites (tertiary alicyclic amines) is 1. The summed E-state index contributed by atoms with van der Waals surface area (Å²) in [5, 5.41) is 2.98. The first-order chi connectivity index (χ1) is 14.5. The number of benzene rings is 1. The summed E-state index contributed by atoms with van der Waals surface area (Å²) in [7, 11) is 0. The van der Waals surface area contributed by atoms with E-state index >= 15 is 0 Å². The van der Waals surface area contributed by atoms with Crippen LogP contribution in [0, 0.1) is 11.7 Å². The average Bonchev–Trinajstić information content (AvgIpc) is 3.38. The first-order valence-corrected chi connectivity index (χ1v) is 11.2. The van der Waals surface area contributed by atoms with Gasteiger partial charge in [0.15, 0.2) is 0 Å². The van der Waals surface area contributed by atoms with Crippen molar-refractivity contribution in [3.8, 4) is 0 Å². The van der Waals surface area contributed by atoms with Crippen LogP contribution in [-0.4, -0.2) is 66.2 Å². The third-order valence-corrected chi connectivity index (χ3v) is 6.87. The van der Waals surface area contributed by atoms with Crippen LogP contribution in [0.1, 0.15) is 55.8 Å². The van der Waals surface area contributed by atoms with Gasteiger partial charge in [-0.05, 0) is 69.7 Å². The van der Waals surface area contributed by atoms with E-state index < -0.39 is 23.5 Å². The van der Waals surface area contributed by atoms with Gasteiger partial charge in [0.25, 0.3) is 5.91 Å². The van der Waals surface area contributed by atoms with Crippen molar-refractivity contribution in [1.29, 1.82) is 0 Å². The summed E-state index contributed by atoms with van der Waals surface area (Å²) in [5.41, 5.74) is -0.820. The van der Waals surface area contributed by atoms with Gasteiger partial charge in [-0.3, -0.25) is 14.5 Å². The van der Waals surface area contributed by atoms with E-state index in [0.717, 1.165) is 32.5 Å². The summed E-state index contributed by atoms with van der Waals surface area (Å²) in [5.74, 6) is -0.686. The molecule has 3 aliphatic rings. The van der Waals surface area contributed by atoms with Crippen LogP contribution in [0.25, 0.3) is 0 Å². The largest absolute Gasteiger partial charge is 0.353 e. The van der Waals surface area contributed by atoms with Gasteiger partial charge >= 0.3 is 0 Å². The van der Waals surface area contributed by atoms with E-state index in [4.69, 9.17) is 4.74 Å². The second kappa shape index (κ2) is 9.02. The van der Waals surface area contributed by atoms with Crippen LogP contribution < -0.4 is 5.32 Å². The van der Waals surface area contributed by atoms with Gasteiger partial charge in [0.05, 0.1) is 12.2 Å². The quantitative estimate of drug-likeness (QED) is 0.800. The molecule has 2 amide bonds. The number of carbonyl (C=O) groups excluding carboxylic acids is 2. The molecule has 164 valence electrons. The van der Waals surface area contributed by atoms with Crippen LogP contribution in [0.4, 0.5) is 4.39 Å². The number of ether oxygens (including phenoxy) is 1. The van der Waals surface area contributed by atoms with Crippen molar-refractivity contribution in [2.45, 2.75) is 57.2 Å². The van der Waals surface area contributed by atoms with Crippen LogP contribution >= 0.6 is 0 Å². The highest BCUT2D eigenvalue weighted by Gasteiger charge is 2.53. The zero-order valence-electron chi connectivity index (χ0n) is 17.7. The van der Waals surface area contributed by atoms with Crippen LogP contribution in [0.2, 0.25) is 0 Å². The van der Waals surface area contributed by atoms with Crippen LogP contribution in [-0.2, 0) is 9.53 Å². The summed E-state index contributed by atoms with van der Waals surface area (Å²) in [6.45, 7) is 5.84. The van der Waals surface area contributed by atoms with Crippen molar-refractivity contribution in [2.24, 2.45) is 5.92 Å². The van der Waals surface area contributed by atoms with Crippen LogP contribution in [0.5, 0.6) is 0 Å². The molecule has 0 radical (unpaired) electrons. The maximum absolute atomic E-state index is 14.4. The number of nitrogens with zero attached hydrogens (tertiary/aromatic N) is 2. The topological polar surface area (TPSA) is 61.9 Å². The molecule has 0 bridgehead atoms. The molecule has 4 rings (SSSR count). The van der Waals surface area contributed by atoms with Crippen molar-refractivity contribution < 1.29 is 18.7 Å². The van der Waals surface area contributed by atoms with Gasteiger partial charge in [-0.2, -0.15) is 0 Å². The van der Waals surface area contributed by atoms with Gasteiger partial charge in [0.1, 0.15) is 17.6 Å². The predicted molar refractivity (Wildman–Crippen MR) is 111 cm³/mol. The normalized spacial score (nSPS) is 29.5. The number of carbonyl (C=O) groups is 2. The molecule has 1 N–H and O–H groups in total. The fourth-order valence-corrected chi connectivity index (χ4v) is 5.01. The van der Waals surface area contributed by atoms with E-state index in [0.29, 0.717) is 25.3 Å². The molecule has 2 aliphatic heterocycles. The molecule has 30 heavy (non-hydrogen) atoms. The number of hydrogen-bond acceptors (Lipinski definition) is 4. The van der Waals surface area contributed by atoms with E-state index in [1.807, 2.05) is 0 Å². The van der Waals surface area contributed by atoms with E-state index in [2.05, 4.69) is 17.1 Å². The minimum Gasteiger partial charge on any atom is -0.353 e. The van der Waals surface area contributed by atoms with Gasteiger partial charge in [0, 0.05) is 13.1 Å². The molecule has 1 aliphatic carbocycles. The molecule has 1 saturated carbocycles. The molecule has 7 heteroatoms. The van der Waals surface area contributed by atoms with Crippen LogP contribution in [0.3, 0.4) is 0 Å². The third-order valence-electron chi connectivity index (χ3n) is 6.87. The molecule has 2 heterocycles. The van der Waals surface area contributed by atoms with Crippen molar-refractivity contribution >= 4 is 11.8 Å². The Labute approximate surface area is 177 Å². The molecule has 0 aromatic heterocycles. The van der Waals surface area contributed by atoms with Crippen molar-refractivity contribution in [3.05, 3.63) is 35.6 Å². The van der Waals surface area contributed by atoms with Gasteiger partial charge < -0.3 is 15.0 Å². The highest BCUT2D eigenvalue weighted by atomic mass is 19.1. The second-order valence-electron chi connectivity index (χ2n) is 8.95. The van der Waals surface area contributed by atoms with Crippen molar-refractivity contribution in [3.63, 3.8) is 0 Å². The number of amides is 2. The minimum absolute atomic E-state index is 0.00383. The molecular weight excluding hydrogens is 385 g/mol. The van der Waals surface area contributed by atoms with E-state index in [9.17, 15) is 14.0 Å². The summed E-state index contributed by atoms with van der Waals surface area (Å²) >= 11 is 0. The summed E-state index contributed by atoms with van der Waals surface area (Å²) < 4.78 is 20.6. The lowest BCUT2D eigenvalue weighted by atomic mass is 9.83. The van der Waals surface area contributed by atoms with Crippen LogP contribution in [0.15, 0.2) is 24.3 Å². The highest BCUT2D eigenvalue weighted by molar-refractivity contribution is 5.98. The molecule has 1 aromatic rings. The van der Waals surface area contributed by atoms with Gasteiger partial charge in [-0.1, -0.05) is 19.1 Å². The van der Waals surface area contributed by atoms with E-state index in [1.165, 1.54) is 25.0 Å². The number of hydrogen-bond donors (Lipinski definition) is 1. The molecule has 2 saturated heterocycles. The average molecular weight is 418 g/mol. The SMILES string of the molecule is CC1CCC2(CC1)OC[C@@H](C(=O)NCCN1CCCC1)N2C(=O)c1ccccc1F. The van der Waals surface area contributed by atoms with Gasteiger partial charge in [-0.15, -0.1) is 0 Å². The number of halogens is 1. The van der Waals surface area contributed by atoms with E-state index in [1.54, 1.807) is 17.0 Å². The first kappa shape index (κ1) is 21.2. The first-order valence-electron chi connectivity index (χ1n) is 11.2. The zero-order valence-corrected chi connectivity index (χ0v) is 17.7. The van der Waals surface area contributed by atoms with Crippen molar-refractivity contribution in [1.82, 2.24) is 15.1 Å². The Morgan fingerprint density at radius 2 is 1.90 bits per heavy atom. The standard InChI is InChI=1S/C23H32FN3O3/c1-17-8-10-23(11-9-17)27(22(29)18-6-2-3-7-19(18)24)20(16-30-23)21(28)25-12-15-26-13-4-5-14-26/h2-3,6-7,17,20H,4-5,8-16H2,1H3,(H,25,28)/t17?,20-,23?/m0/s1. The Bertz CT molecular complexity index is 773. The molecule has 1 atom stereocenters. The molecule has 0 unspecified atom stereocenters. The molecule has 3 fully saturated rings. The second-order valence-corrected chi connectivity index (χ2v) is 8.95. The minimum atomic E-state index is -0.817. The maximum atomic E-state index is 14.4. The predicted octanol–water partition coefficient (Wildman–Crippen LogP) is 2.79. The lowest BCUT2D eigenvalue weighted by Gasteiger charge is -2.43. The Hall–Kier alpha value is -1.99.